The van der Waals surface area contributed by atoms with E-state index in [1.807, 2.05) is 32.9 Å². The molecule has 2 N–H and O–H groups in total. The zero-order valence-corrected chi connectivity index (χ0v) is 13.0. The Morgan fingerprint density at radius 2 is 1.86 bits per heavy atom. The van der Waals surface area contributed by atoms with Crippen LogP contribution in [0.1, 0.15) is 41.3 Å². The number of nitrogens with one attached hydrogen (secondary N) is 1. The zero-order valence-electron chi connectivity index (χ0n) is 13.0. The summed E-state index contributed by atoms with van der Waals surface area (Å²) < 4.78 is 5.19. The van der Waals surface area contributed by atoms with Gasteiger partial charge in [-0.2, -0.15) is 0 Å². The van der Waals surface area contributed by atoms with Crippen molar-refractivity contribution in [2.24, 2.45) is 0 Å². The minimum atomic E-state index is -0.895. The highest BCUT2D eigenvalue weighted by atomic mass is 16.5. The lowest BCUT2D eigenvalue weighted by Crippen LogP contribution is -2.37. The second-order valence-electron chi connectivity index (χ2n) is 5.04. The quantitative estimate of drug-likeness (QED) is 0.720. The van der Waals surface area contributed by atoms with Crippen LogP contribution in [0.2, 0.25) is 0 Å². The van der Waals surface area contributed by atoms with Gasteiger partial charge in [-0.3, -0.25) is 9.59 Å². The van der Waals surface area contributed by atoms with Crippen molar-refractivity contribution in [2.75, 3.05) is 13.7 Å². The van der Waals surface area contributed by atoms with E-state index in [-0.39, 0.29) is 18.6 Å². The van der Waals surface area contributed by atoms with Crippen molar-refractivity contribution in [3.05, 3.63) is 28.8 Å². The number of carboxylic acids is 1. The van der Waals surface area contributed by atoms with Crippen molar-refractivity contribution >= 4 is 11.8 Å². The van der Waals surface area contributed by atoms with E-state index >= 15 is 0 Å². The molecule has 0 aliphatic carbocycles. The van der Waals surface area contributed by atoms with E-state index in [9.17, 15) is 9.59 Å². The maximum Gasteiger partial charge on any atom is 0.303 e. The van der Waals surface area contributed by atoms with Gasteiger partial charge in [0.1, 0.15) is 5.75 Å². The highest BCUT2D eigenvalue weighted by Crippen LogP contribution is 2.23. The molecule has 0 spiro atoms. The lowest BCUT2D eigenvalue weighted by Gasteiger charge is -2.19. The number of aliphatic carboxylic acids is 1. The molecule has 1 aromatic carbocycles. The van der Waals surface area contributed by atoms with Crippen molar-refractivity contribution in [2.45, 2.75) is 39.7 Å². The van der Waals surface area contributed by atoms with Gasteiger partial charge >= 0.3 is 5.97 Å². The van der Waals surface area contributed by atoms with Gasteiger partial charge in [-0.05, 0) is 50.1 Å². The van der Waals surface area contributed by atoms with Gasteiger partial charge in [0.2, 0.25) is 0 Å². The van der Waals surface area contributed by atoms with Crippen LogP contribution in [0.15, 0.2) is 12.1 Å². The number of methoxy groups -OCH3 is 1. The van der Waals surface area contributed by atoms with E-state index in [0.29, 0.717) is 17.9 Å². The Hall–Kier alpha value is -1.88. The summed E-state index contributed by atoms with van der Waals surface area (Å²) in [5, 5.41) is 11.9. The molecule has 0 aliphatic heterocycles. The first-order chi connectivity index (χ1) is 9.90. The van der Waals surface area contributed by atoms with Crippen LogP contribution < -0.4 is 10.1 Å². The molecule has 0 saturated carbocycles. The van der Waals surface area contributed by atoms with Crippen molar-refractivity contribution in [1.82, 2.24) is 5.32 Å². The Morgan fingerprint density at radius 1 is 1.29 bits per heavy atom. The fourth-order valence-corrected chi connectivity index (χ4v) is 2.44. The average Bonchev–Trinajstić information content (AvgIpc) is 2.42. The van der Waals surface area contributed by atoms with E-state index in [0.717, 1.165) is 11.1 Å². The maximum atomic E-state index is 12.7. The summed E-state index contributed by atoms with van der Waals surface area (Å²) in [5.74, 6) is -0.239. The molecule has 0 aliphatic rings. The van der Waals surface area contributed by atoms with E-state index in [4.69, 9.17) is 9.84 Å². The van der Waals surface area contributed by atoms with Gasteiger partial charge in [-0.1, -0.05) is 6.92 Å². The van der Waals surface area contributed by atoms with Crippen LogP contribution in [-0.2, 0) is 4.79 Å². The molecule has 0 aromatic heterocycles. The number of hydrogen-bond acceptors (Lipinski definition) is 4. The van der Waals surface area contributed by atoms with Gasteiger partial charge in [0.25, 0.3) is 0 Å². The number of benzene rings is 1. The van der Waals surface area contributed by atoms with Gasteiger partial charge in [0, 0.05) is 12.0 Å². The number of ketones is 1. The molecular weight excluding hydrogens is 270 g/mol. The van der Waals surface area contributed by atoms with Gasteiger partial charge in [-0.25, -0.2) is 0 Å². The second kappa shape index (κ2) is 7.78. The monoisotopic (exact) mass is 293 g/mol. The molecule has 1 atom stereocenters. The molecule has 1 unspecified atom stereocenters. The van der Waals surface area contributed by atoms with Crippen molar-refractivity contribution in [3.63, 3.8) is 0 Å². The molecule has 1 rings (SSSR count). The van der Waals surface area contributed by atoms with E-state index in [1.165, 1.54) is 0 Å². The summed E-state index contributed by atoms with van der Waals surface area (Å²) >= 11 is 0. The fourth-order valence-electron chi connectivity index (χ4n) is 2.44. The molecule has 0 radical (unpaired) electrons. The summed E-state index contributed by atoms with van der Waals surface area (Å²) in [5.41, 5.74) is 2.33. The van der Waals surface area contributed by atoms with E-state index in [1.54, 1.807) is 7.11 Å². The Balaban J connectivity index is 3.05. The zero-order chi connectivity index (χ0) is 16.0. The Morgan fingerprint density at radius 3 is 2.29 bits per heavy atom. The largest absolute Gasteiger partial charge is 0.497 e. The molecule has 116 valence electrons. The summed E-state index contributed by atoms with van der Waals surface area (Å²) in [6, 6.07) is 3.16. The Kier molecular flexibility index (Phi) is 6.37. The van der Waals surface area contributed by atoms with Gasteiger partial charge in [0.15, 0.2) is 5.78 Å². The fraction of sp³-hybridized carbons (Fsp3) is 0.500. The molecule has 0 amide bonds. The topological polar surface area (TPSA) is 75.6 Å². The SMILES string of the molecule is CCNC(CCC(=O)O)C(=O)c1c(C)cc(OC)cc1C. The molecule has 1 aromatic rings. The molecule has 21 heavy (non-hydrogen) atoms. The number of carboxylic acid groups (broad SMARTS) is 1. The van der Waals surface area contributed by atoms with Crippen molar-refractivity contribution < 1.29 is 19.4 Å². The summed E-state index contributed by atoms with van der Waals surface area (Å²) in [7, 11) is 1.59. The number of likely N-dealkylation sites (N-methyl/N-ethyl adjacent to an activating group) is 1. The number of rotatable bonds is 8. The number of hydrogen-bond donors (Lipinski definition) is 2. The minimum absolute atomic E-state index is 0.0301. The number of Topliss-reactive ketones (excluding diaryl/α,β-unsaturated/α-hetero) is 1. The first-order valence-electron chi connectivity index (χ1n) is 7.05. The van der Waals surface area contributed by atoms with E-state index < -0.39 is 12.0 Å². The van der Waals surface area contributed by atoms with Crippen LogP contribution in [0, 0.1) is 13.8 Å². The standard InChI is InChI=1S/C16H23NO4/c1-5-17-13(6-7-14(18)19)16(20)15-10(2)8-12(21-4)9-11(15)3/h8-9,13,17H,5-7H2,1-4H3,(H,18,19). The molecule has 5 nitrogen and oxygen atoms in total. The number of ether oxygens (including phenoxy) is 1. The predicted molar refractivity (Wildman–Crippen MR) is 81.1 cm³/mol. The van der Waals surface area contributed by atoms with Gasteiger partial charge in [-0.15, -0.1) is 0 Å². The first kappa shape index (κ1) is 17.2. The van der Waals surface area contributed by atoms with Crippen LogP contribution in [0.4, 0.5) is 0 Å². The van der Waals surface area contributed by atoms with Crippen LogP contribution in [0.5, 0.6) is 5.75 Å². The maximum absolute atomic E-state index is 12.7. The number of carbonyl (C=O) groups is 2. The van der Waals surface area contributed by atoms with Gasteiger partial charge in [0.05, 0.1) is 13.2 Å². The molecular formula is C16H23NO4. The van der Waals surface area contributed by atoms with Crippen molar-refractivity contribution in [3.8, 4) is 5.75 Å². The molecule has 0 saturated heterocycles. The van der Waals surface area contributed by atoms with Crippen LogP contribution in [0.25, 0.3) is 0 Å². The van der Waals surface area contributed by atoms with Gasteiger partial charge < -0.3 is 15.2 Å². The molecule has 0 heterocycles. The van der Waals surface area contributed by atoms with Crippen LogP contribution in [0.3, 0.4) is 0 Å². The smallest absolute Gasteiger partial charge is 0.303 e. The lowest BCUT2D eigenvalue weighted by molar-refractivity contribution is -0.137. The highest BCUT2D eigenvalue weighted by molar-refractivity contribution is 6.02. The first-order valence-corrected chi connectivity index (χ1v) is 7.05. The average molecular weight is 293 g/mol. The minimum Gasteiger partial charge on any atom is -0.497 e. The number of aryl methyl sites for hydroxylation is 2. The summed E-state index contributed by atoms with van der Waals surface area (Å²) in [6.45, 7) is 6.24. The number of carbonyl (C=O) groups excluding carboxylic acids is 1. The second-order valence-corrected chi connectivity index (χ2v) is 5.04. The molecule has 0 bridgehead atoms. The van der Waals surface area contributed by atoms with E-state index in [2.05, 4.69) is 5.32 Å². The third-order valence-corrected chi connectivity index (χ3v) is 3.40. The lowest BCUT2D eigenvalue weighted by atomic mass is 9.92. The van der Waals surface area contributed by atoms with Crippen LogP contribution >= 0.6 is 0 Å². The summed E-state index contributed by atoms with van der Waals surface area (Å²) in [6.07, 6.45) is 0.255. The highest BCUT2D eigenvalue weighted by Gasteiger charge is 2.23. The Bertz CT molecular complexity index is 502. The van der Waals surface area contributed by atoms with Crippen molar-refractivity contribution in [1.29, 1.82) is 0 Å². The predicted octanol–water partition coefficient (Wildman–Crippen LogP) is 2.34. The van der Waals surface area contributed by atoms with Crippen LogP contribution in [-0.4, -0.2) is 36.6 Å². The molecule has 5 heteroatoms. The molecule has 0 fully saturated rings. The third kappa shape index (κ3) is 4.56. The Labute approximate surface area is 125 Å². The summed E-state index contributed by atoms with van der Waals surface area (Å²) in [4.78, 5) is 23.4. The normalized spacial score (nSPS) is 12.0. The third-order valence-electron chi connectivity index (χ3n) is 3.40.